The molecule has 0 atom stereocenters. The maximum absolute atomic E-state index is 14.2. The molecular weight excluding hydrogens is 387 g/mol. The molecule has 2 aromatic carbocycles. The molecular formula is C19H17FN2O3S2. The van der Waals surface area contributed by atoms with Crippen LogP contribution in [-0.2, 0) is 16.4 Å². The fraction of sp³-hybridized carbons (Fsp3) is 0.158. The highest BCUT2D eigenvalue weighted by Gasteiger charge is 2.15. The number of para-hydroxylation sites is 1. The van der Waals surface area contributed by atoms with Crippen LogP contribution in [0, 0.1) is 5.82 Å². The van der Waals surface area contributed by atoms with Crippen LogP contribution >= 0.6 is 11.3 Å². The zero-order chi connectivity index (χ0) is 19.6. The van der Waals surface area contributed by atoms with Gasteiger partial charge in [-0.05, 0) is 30.3 Å². The number of hydrogen-bond donors (Lipinski definition) is 0. The lowest BCUT2D eigenvalue weighted by Gasteiger charge is -2.03. The minimum atomic E-state index is -3.43. The van der Waals surface area contributed by atoms with Crippen LogP contribution < -0.4 is 4.80 Å². The second kappa shape index (κ2) is 7.58. The Morgan fingerprint density at radius 3 is 2.74 bits per heavy atom. The summed E-state index contributed by atoms with van der Waals surface area (Å²) >= 11 is 1.18. The molecule has 0 aliphatic carbocycles. The molecule has 1 amide bonds. The standard InChI is InChI=1S/C19H17FN2O3S2/c1-3-11-22-17-15(20)9-6-10-16(17)26-19(22)21-18(23)13-7-5-8-14(12-13)27(24,25)4-2/h3,5-10,12H,1,4,11H2,2H3. The first-order valence-electron chi connectivity index (χ1n) is 8.18. The highest BCUT2D eigenvalue weighted by molar-refractivity contribution is 7.91. The van der Waals surface area contributed by atoms with E-state index in [-0.39, 0.29) is 22.8 Å². The molecule has 27 heavy (non-hydrogen) atoms. The van der Waals surface area contributed by atoms with E-state index in [4.69, 9.17) is 0 Å². The molecule has 3 aromatic rings. The van der Waals surface area contributed by atoms with Crippen molar-refractivity contribution in [2.24, 2.45) is 4.99 Å². The highest BCUT2D eigenvalue weighted by Crippen LogP contribution is 2.21. The zero-order valence-electron chi connectivity index (χ0n) is 14.6. The van der Waals surface area contributed by atoms with Gasteiger partial charge in [-0.25, -0.2) is 12.8 Å². The Morgan fingerprint density at radius 2 is 2.04 bits per heavy atom. The molecule has 0 aliphatic heterocycles. The first-order valence-corrected chi connectivity index (χ1v) is 10.6. The minimum absolute atomic E-state index is 0.0588. The van der Waals surface area contributed by atoms with Gasteiger partial charge in [0.15, 0.2) is 14.6 Å². The average Bonchev–Trinajstić information content (AvgIpc) is 3.00. The van der Waals surface area contributed by atoms with Crippen LogP contribution in [0.2, 0.25) is 0 Å². The van der Waals surface area contributed by atoms with Crippen molar-refractivity contribution in [3.05, 3.63) is 71.3 Å². The molecule has 0 radical (unpaired) electrons. The minimum Gasteiger partial charge on any atom is -0.310 e. The number of fused-ring (bicyclic) bond motifs is 1. The molecule has 3 rings (SSSR count). The van der Waals surface area contributed by atoms with Gasteiger partial charge in [-0.1, -0.05) is 36.5 Å². The summed E-state index contributed by atoms with van der Waals surface area (Å²) in [5.41, 5.74) is 0.517. The first-order chi connectivity index (χ1) is 12.9. The van der Waals surface area contributed by atoms with E-state index in [1.54, 1.807) is 22.8 Å². The van der Waals surface area contributed by atoms with Gasteiger partial charge in [0.1, 0.15) is 5.82 Å². The molecule has 0 N–H and O–H groups in total. The molecule has 0 saturated carbocycles. The fourth-order valence-electron chi connectivity index (χ4n) is 2.61. The summed E-state index contributed by atoms with van der Waals surface area (Å²) in [6, 6.07) is 10.5. The average molecular weight is 404 g/mol. The number of benzene rings is 2. The van der Waals surface area contributed by atoms with E-state index in [1.165, 1.54) is 48.6 Å². The largest absolute Gasteiger partial charge is 0.310 e. The van der Waals surface area contributed by atoms with Gasteiger partial charge in [0.25, 0.3) is 5.91 Å². The van der Waals surface area contributed by atoms with Crippen molar-refractivity contribution in [3.8, 4) is 0 Å². The monoisotopic (exact) mass is 404 g/mol. The van der Waals surface area contributed by atoms with E-state index in [0.717, 1.165) is 0 Å². The Hall–Kier alpha value is -2.58. The van der Waals surface area contributed by atoms with E-state index < -0.39 is 21.6 Å². The molecule has 8 heteroatoms. The van der Waals surface area contributed by atoms with Crippen LogP contribution in [0.1, 0.15) is 17.3 Å². The van der Waals surface area contributed by atoms with E-state index in [0.29, 0.717) is 15.0 Å². The lowest BCUT2D eigenvalue weighted by atomic mass is 10.2. The SMILES string of the molecule is C=CCn1c(=NC(=O)c2cccc(S(=O)(=O)CC)c2)sc2cccc(F)c21. The first kappa shape index (κ1) is 19.2. The quantitative estimate of drug-likeness (QED) is 0.611. The maximum Gasteiger partial charge on any atom is 0.279 e. The van der Waals surface area contributed by atoms with Crippen molar-refractivity contribution in [1.29, 1.82) is 0 Å². The Bertz CT molecular complexity index is 1210. The van der Waals surface area contributed by atoms with Crippen LogP contribution in [0.15, 0.2) is 65.0 Å². The normalized spacial score (nSPS) is 12.4. The zero-order valence-corrected chi connectivity index (χ0v) is 16.2. The third-order valence-corrected chi connectivity index (χ3v) is 6.76. The summed E-state index contributed by atoms with van der Waals surface area (Å²) in [5.74, 6) is -1.06. The lowest BCUT2D eigenvalue weighted by Crippen LogP contribution is -2.17. The molecule has 0 unspecified atom stereocenters. The van der Waals surface area contributed by atoms with Crippen molar-refractivity contribution in [2.45, 2.75) is 18.4 Å². The molecule has 5 nitrogen and oxygen atoms in total. The summed E-state index contributed by atoms with van der Waals surface area (Å²) in [4.78, 5) is 17.1. The maximum atomic E-state index is 14.2. The number of sulfone groups is 1. The van der Waals surface area contributed by atoms with Crippen LogP contribution in [0.3, 0.4) is 0 Å². The van der Waals surface area contributed by atoms with Crippen LogP contribution in [0.4, 0.5) is 4.39 Å². The number of nitrogens with zero attached hydrogens (tertiary/aromatic N) is 2. The van der Waals surface area contributed by atoms with Gasteiger partial charge in [0.05, 0.1) is 20.9 Å². The molecule has 1 heterocycles. The second-order valence-corrected chi connectivity index (χ2v) is 9.01. The number of thiazole rings is 1. The van der Waals surface area contributed by atoms with Gasteiger partial charge in [-0.15, -0.1) is 6.58 Å². The van der Waals surface area contributed by atoms with Crippen molar-refractivity contribution in [2.75, 3.05) is 5.75 Å². The van der Waals surface area contributed by atoms with Crippen LogP contribution in [-0.4, -0.2) is 24.6 Å². The molecule has 0 spiro atoms. The summed E-state index contributed by atoms with van der Waals surface area (Å²) in [6.45, 7) is 5.50. The van der Waals surface area contributed by atoms with Gasteiger partial charge < -0.3 is 4.57 Å². The molecule has 0 bridgehead atoms. The third kappa shape index (κ3) is 3.77. The molecule has 0 saturated heterocycles. The Morgan fingerprint density at radius 1 is 1.30 bits per heavy atom. The van der Waals surface area contributed by atoms with Gasteiger partial charge in [-0.2, -0.15) is 4.99 Å². The predicted molar refractivity (Wildman–Crippen MR) is 104 cm³/mol. The smallest absolute Gasteiger partial charge is 0.279 e. The van der Waals surface area contributed by atoms with Crippen LogP contribution in [0.25, 0.3) is 10.2 Å². The molecule has 1 aromatic heterocycles. The number of hydrogen-bond acceptors (Lipinski definition) is 4. The lowest BCUT2D eigenvalue weighted by molar-refractivity contribution is 0.0997. The summed E-state index contributed by atoms with van der Waals surface area (Å²) in [5, 5.41) is 0. The number of carbonyl (C=O) groups is 1. The summed E-state index contributed by atoms with van der Waals surface area (Å²) in [7, 11) is -3.43. The molecule has 140 valence electrons. The van der Waals surface area contributed by atoms with Gasteiger partial charge in [-0.3, -0.25) is 4.79 Å². The number of allylic oxidation sites excluding steroid dienone is 1. The number of rotatable bonds is 5. The molecule has 0 fully saturated rings. The van der Waals surface area contributed by atoms with E-state index in [2.05, 4.69) is 11.6 Å². The highest BCUT2D eigenvalue weighted by atomic mass is 32.2. The van der Waals surface area contributed by atoms with Gasteiger partial charge in [0.2, 0.25) is 0 Å². The second-order valence-electron chi connectivity index (χ2n) is 5.72. The number of amides is 1. The Labute approximate surface area is 160 Å². The van der Waals surface area contributed by atoms with Crippen molar-refractivity contribution in [1.82, 2.24) is 4.57 Å². The fourth-order valence-corrected chi connectivity index (χ4v) is 4.59. The topological polar surface area (TPSA) is 68.5 Å². The van der Waals surface area contributed by atoms with Crippen molar-refractivity contribution in [3.63, 3.8) is 0 Å². The number of aromatic nitrogens is 1. The van der Waals surface area contributed by atoms with E-state index >= 15 is 0 Å². The number of halogens is 1. The van der Waals surface area contributed by atoms with Crippen molar-refractivity contribution >= 4 is 37.3 Å². The third-order valence-electron chi connectivity index (χ3n) is 3.98. The van der Waals surface area contributed by atoms with Gasteiger partial charge in [0, 0.05) is 12.1 Å². The number of carbonyl (C=O) groups excluding carboxylic acids is 1. The van der Waals surface area contributed by atoms with Gasteiger partial charge >= 0.3 is 0 Å². The van der Waals surface area contributed by atoms with Crippen LogP contribution in [0.5, 0.6) is 0 Å². The van der Waals surface area contributed by atoms with E-state index in [1.807, 2.05) is 0 Å². The Balaban J connectivity index is 2.14. The van der Waals surface area contributed by atoms with E-state index in [9.17, 15) is 17.6 Å². The summed E-state index contributed by atoms with van der Waals surface area (Å²) < 4.78 is 40.5. The van der Waals surface area contributed by atoms with Crippen molar-refractivity contribution < 1.29 is 17.6 Å². The summed E-state index contributed by atoms with van der Waals surface area (Å²) in [6.07, 6.45) is 1.59. The predicted octanol–water partition coefficient (Wildman–Crippen LogP) is 3.56. The Kier molecular flexibility index (Phi) is 5.38. The molecule has 0 aliphatic rings.